The number of aromatic nitrogens is 4. The summed E-state index contributed by atoms with van der Waals surface area (Å²) in [6.07, 6.45) is 2.93. The standard InChI is InChI=1S/C17H18N4O4/c1-4-25-16(23)12-8-20(17(24)19-15(12)22)11-5-6-14-13(7-11)18-9-21(14)10(2)3/h5-10H,4H2,1-3H3,(H,19,22,24). The number of carbonyl (C=O) groups excluding carboxylic acids is 1. The number of carbonyl (C=O) groups is 1. The van der Waals surface area contributed by atoms with Crippen LogP contribution in [0.2, 0.25) is 0 Å². The van der Waals surface area contributed by atoms with Crippen LogP contribution >= 0.6 is 0 Å². The van der Waals surface area contributed by atoms with Gasteiger partial charge in [0.2, 0.25) is 0 Å². The van der Waals surface area contributed by atoms with Crippen LogP contribution in [0.1, 0.15) is 37.2 Å². The highest BCUT2D eigenvalue weighted by atomic mass is 16.5. The van der Waals surface area contributed by atoms with Crippen molar-refractivity contribution in [3.63, 3.8) is 0 Å². The molecule has 0 atom stereocenters. The molecule has 8 heteroatoms. The fraction of sp³-hybridized carbons (Fsp3) is 0.294. The summed E-state index contributed by atoms with van der Waals surface area (Å²) in [6.45, 7) is 5.87. The first-order valence-corrected chi connectivity index (χ1v) is 7.92. The topological polar surface area (TPSA) is 99.0 Å². The monoisotopic (exact) mass is 342 g/mol. The summed E-state index contributed by atoms with van der Waals surface area (Å²) >= 11 is 0. The SMILES string of the molecule is CCOC(=O)c1cn(-c2ccc3c(c2)ncn3C(C)C)c(=O)[nH]c1=O. The van der Waals surface area contributed by atoms with Gasteiger partial charge in [-0.1, -0.05) is 0 Å². The minimum atomic E-state index is -0.775. The largest absolute Gasteiger partial charge is 0.462 e. The minimum absolute atomic E-state index is 0.135. The molecule has 0 spiro atoms. The van der Waals surface area contributed by atoms with E-state index in [1.165, 1.54) is 10.8 Å². The van der Waals surface area contributed by atoms with Crippen LogP contribution in [0.15, 0.2) is 40.3 Å². The zero-order valence-corrected chi connectivity index (χ0v) is 14.1. The summed E-state index contributed by atoms with van der Waals surface area (Å²) in [4.78, 5) is 42.4. The first-order chi connectivity index (χ1) is 11.9. The maximum absolute atomic E-state index is 12.2. The van der Waals surface area contributed by atoms with Crippen LogP contribution in [0.5, 0.6) is 0 Å². The number of esters is 1. The van der Waals surface area contributed by atoms with Crippen molar-refractivity contribution in [1.29, 1.82) is 0 Å². The third-order valence-corrected chi connectivity index (χ3v) is 3.83. The number of fused-ring (bicyclic) bond motifs is 1. The molecule has 0 amide bonds. The van der Waals surface area contributed by atoms with E-state index < -0.39 is 17.2 Å². The highest BCUT2D eigenvalue weighted by molar-refractivity contribution is 5.88. The van der Waals surface area contributed by atoms with Crippen molar-refractivity contribution in [3.8, 4) is 5.69 Å². The number of H-pyrrole nitrogens is 1. The van der Waals surface area contributed by atoms with Gasteiger partial charge in [0.1, 0.15) is 5.56 Å². The molecule has 1 N–H and O–H groups in total. The van der Waals surface area contributed by atoms with Crippen LogP contribution < -0.4 is 11.2 Å². The van der Waals surface area contributed by atoms with Crippen molar-refractivity contribution in [1.82, 2.24) is 19.1 Å². The molecule has 1 aromatic carbocycles. The number of aromatic amines is 1. The van der Waals surface area contributed by atoms with Gasteiger partial charge in [0.25, 0.3) is 5.56 Å². The number of ether oxygens (including phenoxy) is 1. The molecule has 0 aliphatic rings. The highest BCUT2D eigenvalue weighted by Crippen LogP contribution is 2.20. The Morgan fingerprint density at radius 1 is 1.32 bits per heavy atom. The second kappa shape index (κ2) is 6.39. The van der Waals surface area contributed by atoms with Crippen molar-refractivity contribution >= 4 is 17.0 Å². The predicted molar refractivity (Wildman–Crippen MR) is 92.3 cm³/mol. The smallest absolute Gasteiger partial charge is 0.345 e. The van der Waals surface area contributed by atoms with Gasteiger partial charge in [-0.15, -0.1) is 0 Å². The van der Waals surface area contributed by atoms with Crippen molar-refractivity contribution in [2.24, 2.45) is 0 Å². The van der Waals surface area contributed by atoms with Crippen LogP contribution in [0.25, 0.3) is 16.7 Å². The van der Waals surface area contributed by atoms with Gasteiger partial charge in [-0.25, -0.2) is 14.6 Å². The van der Waals surface area contributed by atoms with Gasteiger partial charge < -0.3 is 9.30 Å². The molecular weight excluding hydrogens is 324 g/mol. The fourth-order valence-electron chi connectivity index (χ4n) is 2.60. The Balaban J connectivity index is 2.14. The van der Waals surface area contributed by atoms with Crippen LogP contribution in [-0.2, 0) is 4.74 Å². The van der Waals surface area contributed by atoms with Crippen molar-refractivity contribution in [3.05, 3.63) is 57.1 Å². The summed E-state index contributed by atoms with van der Waals surface area (Å²) in [5, 5.41) is 0. The van der Waals surface area contributed by atoms with E-state index in [1.807, 2.05) is 24.5 Å². The lowest BCUT2D eigenvalue weighted by Crippen LogP contribution is -2.33. The lowest BCUT2D eigenvalue weighted by atomic mass is 10.2. The van der Waals surface area contributed by atoms with Gasteiger partial charge in [-0.05, 0) is 39.0 Å². The number of nitrogens with one attached hydrogen (secondary N) is 1. The lowest BCUT2D eigenvalue weighted by molar-refractivity contribution is 0.0523. The Morgan fingerprint density at radius 3 is 2.76 bits per heavy atom. The van der Waals surface area contributed by atoms with E-state index in [0.717, 1.165) is 5.52 Å². The summed E-state index contributed by atoms with van der Waals surface area (Å²) in [7, 11) is 0. The maximum atomic E-state index is 12.2. The molecule has 0 fully saturated rings. The van der Waals surface area contributed by atoms with E-state index in [9.17, 15) is 14.4 Å². The molecule has 25 heavy (non-hydrogen) atoms. The Hall–Kier alpha value is -3.16. The van der Waals surface area contributed by atoms with Gasteiger partial charge in [-0.2, -0.15) is 0 Å². The molecule has 0 radical (unpaired) electrons. The van der Waals surface area contributed by atoms with Crippen molar-refractivity contribution < 1.29 is 9.53 Å². The van der Waals surface area contributed by atoms with Gasteiger partial charge in [-0.3, -0.25) is 14.3 Å². The van der Waals surface area contributed by atoms with E-state index in [-0.39, 0.29) is 18.2 Å². The van der Waals surface area contributed by atoms with Crippen molar-refractivity contribution in [2.45, 2.75) is 26.8 Å². The van der Waals surface area contributed by atoms with E-state index in [1.54, 1.807) is 25.4 Å². The molecule has 0 saturated heterocycles. The molecule has 2 heterocycles. The van der Waals surface area contributed by atoms with E-state index in [4.69, 9.17) is 4.74 Å². The predicted octanol–water partition coefficient (Wildman–Crippen LogP) is 1.63. The first kappa shape index (κ1) is 16.7. The molecule has 0 bridgehead atoms. The fourth-order valence-corrected chi connectivity index (χ4v) is 2.60. The highest BCUT2D eigenvalue weighted by Gasteiger charge is 2.15. The number of benzene rings is 1. The molecule has 2 aromatic heterocycles. The lowest BCUT2D eigenvalue weighted by Gasteiger charge is -2.10. The Bertz CT molecular complexity index is 1060. The molecule has 0 saturated carbocycles. The number of rotatable bonds is 4. The Morgan fingerprint density at radius 2 is 2.08 bits per heavy atom. The summed E-state index contributed by atoms with van der Waals surface area (Å²) in [6, 6.07) is 5.56. The maximum Gasteiger partial charge on any atom is 0.345 e. The molecule has 8 nitrogen and oxygen atoms in total. The summed E-state index contributed by atoms with van der Waals surface area (Å²) in [5.41, 5.74) is 0.497. The zero-order valence-electron chi connectivity index (χ0n) is 14.1. The van der Waals surface area contributed by atoms with Crippen molar-refractivity contribution in [2.75, 3.05) is 6.61 Å². The molecule has 3 rings (SSSR count). The van der Waals surface area contributed by atoms with E-state index in [2.05, 4.69) is 9.97 Å². The number of hydrogen-bond donors (Lipinski definition) is 1. The average Bonchev–Trinajstić information content (AvgIpc) is 2.98. The van der Waals surface area contributed by atoms with Gasteiger partial charge in [0, 0.05) is 12.2 Å². The average molecular weight is 342 g/mol. The van der Waals surface area contributed by atoms with Gasteiger partial charge in [0.05, 0.1) is 29.7 Å². The number of nitrogens with zero attached hydrogens (tertiary/aromatic N) is 3. The molecule has 0 unspecified atom stereocenters. The minimum Gasteiger partial charge on any atom is -0.462 e. The molecule has 130 valence electrons. The summed E-state index contributed by atoms with van der Waals surface area (Å²) in [5.74, 6) is -0.775. The second-order valence-electron chi connectivity index (χ2n) is 5.81. The van der Waals surface area contributed by atoms with Crippen LogP contribution in [-0.4, -0.2) is 31.7 Å². The third kappa shape index (κ3) is 2.98. The molecular formula is C17H18N4O4. The van der Waals surface area contributed by atoms with Gasteiger partial charge in [0.15, 0.2) is 0 Å². The second-order valence-corrected chi connectivity index (χ2v) is 5.81. The third-order valence-electron chi connectivity index (χ3n) is 3.83. The van der Waals surface area contributed by atoms with E-state index in [0.29, 0.717) is 11.2 Å². The number of imidazole rings is 1. The molecule has 3 aromatic rings. The number of hydrogen-bond acceptors (Lipinski definition) is 5. The van der Waals surface area contributed by atoms with Crippen LogP contribution in [0.4, 0.5) is 0 Å². The molecule has 0 aliphatic heterocycles. The molecule has 0 aliphatic carbocycles. The Labute approximate surface area is 142 Å². The van der Waals surface area contributed by atoms with Crippen LogP contribution in [0.3, 0.4) is 0 Å². The van der Waals surface area contributed by atoms with E-state index >= 15 is 0 Å². The normalized spacial score (nSPS) is 11.2. The van der Waals surface area contributed by atoms with Gasteiger partial charge >= 0.3 is 11.7 Å². The Kier molecular flexibility index (Phi) is 4.26. The summed E-state index contributed by atoms with van der Waals surface area (Å²) < 4.78 is 8.06. The first-order valence-electron chi connectivity index (χ1n) is 7.92. The van der Waals surface area contributed by atoms with Crippen LogP contribution in [0, 0.1) is 0 Å². The quantitative estimate of drug-likeness (QED) is 0.727. The zero-order chi connectivity index (χ0) is 18.1.